The van der Waals surface area contributed by atoms with Gasteiger partial charge in [0.2, 0.25) is 0 Å². The number of hydrogen-bond donors (Lipinski definition) is 0. The molecule has 4 nitrogen and oxygen atoms in total. The number of hydrogen-bond acceptors (Lipinski definition) is 3. The molecule has 1 aliphatic carbocycles. The number of benzene rings is 1. The summed E-state index contributed by atoms with van der Waals surface area (Å²) in [4.78, 5) is 6.68. The molecule has 0 saturated carbocycles. The Morgan fingerprint density at radius 2 is 2.00 bits per heavy atom. The molecule has 1 fully saturated rings. The number of likely N-dealkylation sites (N-methyl/N-ethyl adjacent to an activating group) is 1. The second-order valence-electron chi connectivity index (χ2n) is 7.83. The summed E-state index contributed by atoms with van der Waals surface area (Å²) in [6.45, 7) is 3.33. The first-order valence-electron chi connectivity index (χ1n) is 9.68. The average molecular weight is 359 g/mol. The third-order valence-corrected chi connectivity index (χ3v) is 6.30. The van der Waals surface area contributed by atoms with Gasteiger partial charge >= 0.3 is 0 Å². The minimum absolute atomic E-state index is 0.510. The van der Waals surface area contributed by atoms with E-state index in [0.29, 0.717) is 12.0 Å². The fraction of sp³-hybridized carbons (Fsp3) is 0.348. The second kappa shape index (κ2) is 6.24. The van der Waals surface area contributed by atoms with Crippen molar-refractivity contribution in [2.24, 2.45) is 0 Å². The highest BCUT2D eigenvalue weighted by molar-refractivity contribution is 5.92. The van der Waals surface area contributed by atoms with E-state index >= 15 is 0 Å². The lowest BCUT2D eigenvalue weighted by molar-refractivity contribution is 0.144. The van der Waals surface area contributed by atoms with Crippen molar-refractivity contribution in [1.29, 1.82) is 0 Å². The third-order valence-electron chi connectivity index (χ3n) is 6.30. The Morgan fingerprint density at radius 3 is 2.74 bits per heavy atom. The van der Waals surface area contributed by atoms with Gasteiger partial charge in [-0.3, -0.25) is 9.88 Å². The van der Waals surface area contributed by atoms with Crippen LogP contribution in [0.15, 0.2) is 42.7 Å². The Hall–Kier alpha value is -2.59. The first kappa shape index (κ1) is 16.6. The maximum absolute atomic E-state index is 5.53. The normalized spacial score (nSPS) is 22.3. The van der Waals surface area contributed by atoms with E-state index in [1.807, 2.05) is 12.4 Å². The highest BCUT2D eigenvalue weighted by atomic mass is 16.5. The predicted octanol–water partition coefficient (Wildman–Crippen LogP) is 4.93. The van der Waals surface area contributed by atoms with Gasteiger partial charge in [0.25, 0.3) is 0 Å². The van der Waals surface area contributed by atoms with Crippen LogP contribution in [0.3, 0.4) is 0 Å². The molecule has 1 saturated heterocycles. The number of allylic oxidation sites excluding steroid dienone is 1. The van der Waals surface area contributed by atoms with Gasteiger partial charge < -0.3 is 9.30 Å². The summed E-state index contributed by atoms with van der Waals surface area (Å²) < 4.78 is 7.98. The topological polar surface area (TPSA) is 30.3 Å². The highest BCUT2D eigenvalue weighted by Crippen LogP contribution is 2.50. The molecule has 6 rings (SSSR count). The molecule has 2 atom stereocenters. The summed E-state index contributed by atoms with van der Waals surface area (Å²) in [5.74, 6) is 1.52. The van der Waals surface area contributed by atoms with Crippen molar-refractivity contribution in [3.8, 4) is 5.75 Å². The van der Waals surface area contributed by atoms with E-state index in [-0.39, 0.29) is 0 Å². The molecule has 2 bridgehead atoms. The van der Waals surface area contributed by atoms with Crippen LogP contribution in [0.2, 0.25) is 0 Å². The zero-order valence-corrected chi connectivity index (χ0v) is 16.1. The molecule has 2 unspecified atom stereocenters. The molecule has 0 radical (unpaired) electrons. The molecule has 4 heterocycles. The van der Waals surface area contributed by atoms with Crippen LogP contribution in [0.4, 0.5) is 0 Å². The lowest BCUT2D eigenvalue weighted by Crippen LogP contribution is -2.40. The Kier molecular flexibility index (Phi) is 3.83. The van der Waals surface area contributed by atoms with Crippen molar-refractivity contribution >= 4 is 22.7 Å². The fourth-order valence-corrected chi connectivity index (χ4v) is 4.99. The van der Waals surface area contributed by atoms with Gasteiger partial charge in [-0.1, -0.05) is 0 Å². The highest BCUT2D eigenvalue weighted by Gasteiger charge is 2.40. The zero-order valence-electron chi connectivity index (χ0n) is 16.1. The molecule has 138 valence electrons. The van der Waals surface area contributed by atoms with E-state index in [1.54, 1.807) is 7.11 Å². The number of rotatable bonds is 3. The van der Waals surface area contributed by atoms with Crippen molar-refractivity contribution in [2.75, 3.05) is 20.7 Å². The first-order chi connectivity index (χ1) is 13.2. The Balaban J connectivity index is 1.77. The number of pyridine rings is 1. The van der Waals surface area contributed by atoms with Crippen LogP contribution in [-0.2, 0) is 0 Å². The predicted molar refractivity (Wildman–Crippen MR) is 110 cm³/mol. The monoisotopic (exact) mass is 359 g/mol. The lowest BCUT2D eigenvalue weighted by atomic mass is 9.78. The van der Waals surface area contributed by atoms with Crippen LogP contribution in [0.1, 0.15) is 48.5 Å². The summed E-state index contributed by atoms with van der Waals surface area (Å²) >= 11 is 0. The van der Waals surface area contributed by atoms with Crippen LogP contribution in [0.25, 0.3) is 22.7 Å². The number of aromatic nitrogens is 2. The fourth-order valence-electron chi connectivity index (χ4n) is 4.99. The molecule has 3 aliphatic rings. The minimum Gasteiger partial charge on any atom is -0.497 e. The average Bonchev–Trinajstić information content (AvgIpc) is 3.04. The zero-order chi connectivity index (χ0) is 18.5. The van der Waals surface area contributed by atoms with Gasteiger partial charge in [0, 0.05) is 48.2 Å². The molecule has 4 heteroatoms. The largest absolute Gasteiger partial charge is 0.497 e. The summed E-state index contributed by atoms with van der Waals surface area (Å²) in [7, 11) is 4.01. The van der Waals surface area contributed by atoms with E-state index in [9.17, 15) is 0 Å². The van der Waals surface area contributed by atoms with Crippen molar-refractivity contribution < 1.29 is 4.74 Å². The van der Waals surface area contributed by atoms with E-state index in [2.05, 4.69) is 65.0 Å². The minimum atomic E-state index is 0.510. The van der Waals surface area contributed by atoms with Gasteiger partial charge in [0.15, 0.2) is 0 Å². The van der Waals surface area contributed by atoms with Crippen molar-refractivity contribution in [2.45, 2.75) is 31.7 Å². The number of ether oxygens (including phenoxy) is 1. The second-order valence-corrected chi connectivity index (χ2v) is 7.83. The SMILES string of the molecule is COc1ccc2c(c1)c1c(n2/C=C(\C)c2ccncc2)C2CCC1N(C)C2. The van der Waals surface area contributed by atoms with Crippen LogP contribution >= 0.6 is 0 Å². The van der Waals surface area contributed by atoms with Gasteiger partial charge in [0.05, 0.1) is 12.6 Å². The van der Waals surface area contributed by atoms with Crippen molar-refractivity contribution in [3.05, 3.63) is 59.5 Å². The van der Waals surface area contributed by atoms with Gasteiger partial charge in [-0.05, 0) is 73.8 Å². The smallest absolute Gasteiger partial charge is 0.119 e. The van der Waals surface area contributed by atoms with Gasteiger partial charge in [0.1, 0.15) is 5.75 Å². The van der Waals surface area contributed by atoms with Crippen LogP contribution in [-0.4, -0.2) is 35.2 Å². The molecule has 2 aromatic heterocycles. The first-order valence-corrected chi connectivity index (χ1v) is 9.68. The molecular weight excluding hydrogens is 334 g/mol. The van der Waals surface area contributed by atoms with E-state index in [0.717, 1.165) is 12.3 Å². The number of methoxy groups -OCH3 is 1. The number of nitrogens with zero attached hydrogens (tertiary/aromatic N) is 3. The molecule has 0 N–H and O–H groups in total. The lowest BCUT2D eigenvalue weighted by Gasteiger charge is -2.44. The Bertz CT molecular complexity index is 1030. The number of fused-ring (bicyclic) bond motifs is 3. The van der Waals surface area contributed by atoms with Gasteiger partial charge in [-0.25, -0.2) is 0 Å². The molecule has 3 aromatic rings. The van der Waals surface area contributed by atoms with E-state index in [4.69, 9.17) is 4.74 Å². The molecule has 2 aliphatic heterocycles. The molecule has 0 spiro atoms. The number of piperidine rings is 1. The molecule has 27 heavy (non-hydrogen) atoms. The molecule has 0 amide bonds. The van der Waals surface area contributed by atoms with Crippen molar-refractivity contribution in [1.82, 2.24) is 14.5 Å². The summed E-state index contributed by atoms with van der Waals surface area (Å²) in [6.07, 6.45) is 8.55. The maximum atomic E-state index is 5.53. The molecular formula is C23H25N3O. The van der Waals surface area contributed by atoms with E-state index in [1.165, 1.54) is 46.1 Å². The maximum Gasteiger partial charge on any atom is 0.119 e. The van der Waals surface area contributed by atoms with Crippen molar-refractivity contribution in [3.63, 3.8) is 0 Å². The molecule has 1 aromatic carbocycles. The van der Waals surface area contributed by atoms with Gasteiger partial charge in [-0.2, -0.15) is 0 Å². The van der Waals surface area contributed by atoms with Gasteiger partial charge in [-0.15, -0.1) is 0 Å². The Morgan fingerprint density at radius 1 is 1.19 bits per heavy atom. The van der Waals surface area contributed by atoms with Crippen LogP contribution in [0, 0.1) is 0 Å². The van der Waals surface area contributed by atoms with E-state index < -0.39 is 0 Å². The third kappa shape index (κ3) is 2.51. The quantitative estimate of drug-likeness (QED) is 0.664. The summed E-state index contributed by atoms with van der Waals surface area (Å²) in [6, 6.07) is 11.2. The Labute approximate surface area is 160 Å². The summed E-state index contributed by atoms with van der Waals surface area (Å²) in [5.41, 5.74) is 6.75. The summed E-state index contributed by atoms with van der Waals surface area (Å²) in [5, 5.41) is 1.34. The standard InChI is InChI=1S/C23H25N3O/c1-15(16-8-10-24-11-9-16)13-26-20-7-5-18(27-3)12-19(20)22-21-6-4-17(23(22)26)14-25(21)2/h5,7-13,17,21H,4,6,14H2,1-3H3/b15-13+. The van der Waals surface area contributed by atoms with Crippen LogP contribution in [0.5, 0.6) is 5.75 Å². The van der Waals surface area contributed by atoms with Crippen LogP contribution < -0.4 is 4.74 Å².